The van der Waals surface area contributed by atoms with Crippen molar-refractivity contribution in [1.82, 2.24) is 4.31 Å². The minimum Gasteiger partial charge on any atom is -0.490 e. The van der Waals surface area contributed by atoms with Crippen molar-refractivity contribution in [2.75, 3.05) is 13.7 Å². The lowest BCUT2D eigenvalue weighted by molar-refractivity contribution is 0.227. The third-order valence-electron chi connectivity index (χ3n) is 3.82. The van der Waals surface area contributed by atoms with E-state index in [-0.39, 0.29) is 23.3 Å². The van der Waals surface area contributed by atoms with Crippen LogP contribution in [0, 0.1) is 5.82 Å². The fraction of sp³-hybridized carbons (Fsp3) is 0.250. The van der Waals surface area contributed by atoms with Crippen LogP contribution in [-0.2, 0) is 16.4 Å². The standard InChI is InChI=1S/C16H16FNO3S/c1-18-14(9-12-5-3-2-4-6-12)11-21-15-10-13(17)7-8-16(15)22(18,19)20/h2-8,10,14H,9,11H2,1H3/t14-/m0/s1. The highest BCUT2D eigenvalue weighted by Gasteiger charge is 2.34. The Labute approximate surface area is 129 Å². The van der Waals surface area contributed by atoms with Crippen molar-refractivity contribution in [3.63, 3.8) is 0 Å². The van der Waals surface area contributed by atoms with E-state index in [4.69, 9.17) is 4.74 Å². The molecule has 1 atom stereocenters. The summed E-state index contributed by atoms with van der Waals surface area (Å²) in [6, 6.07) is 12.8. The molecule has 0 fully saturated rings. The summed E-state index contributed by atoms with van der Waals surface area (Å²) in [4.78, 5) is 0.00645. The number of halogens is 1. The van der Waals surface area contributed by atoms with Gasteiger partial charge in [0.25, 0.3) is 0 Å². The van der Waals surface area contributed by atoms with E-state index < -0.39 is 15.8 Å². The van der Waals surface area contributed by atoms with Crippen molar-refractivity contribution in [2.24, 2.45) is 0 Å². The van der Waals surface area contributed by atoms with Crippen molar-refractivity contribution in [1.29, 1.82) is 0 Å². The van der Waals surface area contributed by atoms with Gasteiger partial charge in [0, 0.05) is 13.1 Å². The molecular formula is C16H16FNO3S. The topological polar surface area (TPSA) is 46.6 Å². The maximum Gasteiger partial charge on any atom is 0.246 e. The van der Waals surface area contributed by atoms with Crippen molar-refractivity contribution in [2.45, 2.75) is 17.4 Å². The van der Waals surface area contributed by atoms with E-state index in [1.165, 1.54) is 17.4 Å². The summed E-state index contributed by atoms with van der Waals surface area (Å²) in [5.74, 6) is -0.444. The number of hydrogen-bond donors (Lipinski definition) is 0. The van der Waals surface area contributed by atoms with Crippen LogP contribution in [0.3, 0.4) is 0 Å². The largest absolute Gasteiger partial charge is 0.490 e. The van der Waals surface area contributed by atoms with Crippen molar-refractivity contribution >= 4 is 10.0 Å². The molecule has 1 aliphatic rings. The van der Waals surface area contributed by atoms with Crippen LogP contribution in [0.25, 0.3) is 0 Å². The first-order valence-electron chi connectivity index (χ1n) is 6.93. The Bertz CT molecular complexity index is 777. The Morgan fingerprint density at radius 3 is 2.68 bits per heavy atom. The summed E-state index contributed by atoms with van der Waals surface area (Å²) in [5.41, 5.74) is 1.02. The molecule has 2 aromatic carbocycles. The lowest BCUT2D eigenvalue weighted by Crippen LogP contribution is -2.40. The van der Waals surface area contributed by atoms with Crippen LogP contribution in [0.5, 0.6) is 5.75 Å². The average Bonchev–Trinajstić information content (AvgIpc) is 2.59. The Morgan fingerprint density at radius 2 is 1.95 bits per heavy atom. The molecule has 2 aromatic rings. The first-order chi connectivity index (χ1) is 10.5. The van der Waals surface area contributed by atoms with Gasteiger partial charge in [-0.1, -0.05) is 30.3 Å². The van der Waals surface area contributed by atoms with Gasteiger partial charge in [-0.05, 0) is 24.1 Å². The van der Waals surface area contributed by atoms with Crippen molar-refractivity contribution in [3.05, 3.63) is 59.9 Å². The highest BCUT2D eigenvalue weighted by Crippen LogP contribution is 2.31. The van der Waals surface area contributed by atoms with Crippen LogP contribution in [0.15, 0.2) is 53.4 Å². The van der Waals surface area contributed by atoms with Crippen molar-refractivity contribution < 1.29 is 17.5 Å². The number of sulfonamides is 1. The second kappa shape index (κ2) is 5.70. The molecule has 0 saturated heterocycles. The average molecular weight is 321 g/mol. The molecule has 6 heteroatoms. The van der Waals surface area contributed by atoms with Gasteiger partial charge >= 0.3 is 0 Å². The fourth-order valence-corrected chi connectivity index (χ4v) is 3.97. The van der Waals surface area contributed by atoms with E-state index in [1.54, 1.807) is 0 Å². The number of nitrogens with zero attached hydrogens (tertiary/aromatic N) is 1. The SMILES string of the molecule is CN1[C@@H](Cc2ccccc2)COc2cc(F)ccc2S1(=O)=O. The van der Waals surface area contributed by atoms with Gasteiger partial charge in [-0.2, -0.15) is 4.31 Å². The third-order valence-corrected chi connectivity index (χ3v) is 5.77. The molecule has 4 nitrogen and oxygen atoms in total. The van der Waals surface area contributed by atoms with Gasteiger partial charge < -0.3 is 4.74 Å². The number of likely N-dealkylation sites (N-methyl/N-ethyl adjacent to an activating group) is 1. The van der Waals surface area contributed by atoms with Gasteiger partial charge in [0.2, 0.25) is 10.0 Å². The fourth-order valence-electron chi connectivity index (χ4n) is 2.52. The second-order valence-corrected chi connectivity index (χ2v) is 7.23. The van der Waals surface area contributed by atoms with Crippen LogP contribution < -0.4 is 4.74 Å². The molecule has 0 spiro atoms. The summed E-state index contributed by atoms with van der Waals surface area (Å²) in [6.07, 6.45) is 0.535. The molecule has 0 bridgehead atoms. The summed E-state index contributed by atoms with van der Waals surface area (Å²) in [5, 5.41) is 0. The summed E-state index contributed by atoms with van der Waals surface area (Å²) >= 11 is 0. The van der Waals surface area contributed by atoms with Gasteiger partial charge in [0.15, 0.2) is 0 Å². The van der Waals surface area contributed by atoms with E-state index in [9.17, 15) is 12.8 Å². The van der Waals surface area contributed by atoms with Gasteiger partial charge in [0.1, 0.15) is 23.1 Å². The Morgan fingerprint density at radius 1 is 1.23 bits per heavy atom. The normalized spacial score (nSPS) is 20.7. The molecule has 0 aliphatic carbocycles. The van der Waals surface area contributed by atoms with Crippen LogP contribution >= 0.6 is 0 Å². The lowest BCUT2D eigenvalue weighted by Gasteiger charge is -2.24. The number of ether oxygens (including phenoxy) is 1. The molecule has 3 rings (SSSR count). The molecule has 0 unspecified atom stereocenters. The van der Waals surface area contributed by atoms with Gasteiger partial charge in [-0.25, -0.2) is 12.8 Å². The second-order valence-electron chi connectivity index (χ2n) is 5.27. The molecule has 1 heterocycles. The molecule has 0 aromatic heterocycles. The van der Waals surface area contributed by atoms with E-state index in [2.05, 4.69) is 0 Å². The van der Waals surface area contributed by atoms with E-state index in [0.717, 1.165) is 17.7 Å². The maximum absolute atomic E-state index is 13.3. The predicted molar refractivity (Wildman–Crippen MR) is 80.8 cm³/mol. The van der Waals surface area contributed by atoms with Crippen LogP contribution in [0.4, 0.5) is 4.39 Å². The number of benzene rings is 2. The summed E-state index contributed by atoms with van der Waals surface area (Å²) in [7, 11) is -2.17. The molecule has 0 amide bonds. The van der Waals surface area contributed by atoms with Crippen LogP contribution in [0.1, 0.15) is 5.56 Å². The molecule has 0 N–H and O–H groups in total. The number of rotatable bonds is 2. The van der Waals surface area contributed by atoms with E-state index >= 15 is 0 Å². The highest BCUT2D eigenvalue weighted by molar-refractivity contribution is 7.89. The van der Waals surface area contributed by atoms with Gasteiger partial charge in [-0.15, -0.1) is 0 Å². The lowest BCUT2D eigenvalue weighted by atomic mass is 10.1. The number of fused-ring (bicyclic) bond motifs is 1. The van der Waals surface area contributed by atoms with Gasteiger partial charge in [-0.3, -0.25) is 0 Å². The molecule has 22 heavy (non-hydrogen) atoms. The molecule has 1 aliphatic heterocycles. The summed E-state index contributed by atoms with van der Waals surface area (Å²) < 4.78 is 45.5. The Balaban J connectivity index is 1.95. The number of hydrogen-bond acceptors (Lipinski definition) is 3. The monoisotopic (exact) mass is 321 g/mol. The predicted octanol–water partition coefficient (Wildman–Crippen LogP) is 2.45. The summed E-state index contributed by atoms with van der Waals surface area (Å²) in [6.45, 7) is 0.182. The maximum atomic E-state index is 13.3. The zero-order valence-electron chi connectivity index (χ0n) is 12.1. The van der Waals surface area contributed by atoms with Crippen molar-refractivity contribution in [3.8, 4) is 5.75 Å². The zero-order chi connectivity index (χ0) is 15.7. The first-order valence-corrected chi connectivity index (χ1v) is 8.37. The quantitative estimate of drug-likeness (QED) is 0.853. The Kier molecular flexibility index (Phi) is 3.88. The Hall–Kier alpha value is -1.92. The minimum atomic E-state index is -3.70. The highest BCUT2D eigenvalue weighted by atomic mass is 32.2. The zero-order valence-corrected chi connectivity index (χ0v) is 12.9. The smallest absolute Gasteiger partial charge is 0.246 e. The minimum absolute atomic E-state index is 0.00645. The van der Waals surface area contributed by atoms with E-state index in [0.29, 0.717) is 6.42 Å². The molecule has 0 radical (unpaired) electrons. The third kappa shape index (κ3) is 2.71. The molecule has 116 valence electrons. The van der Waals surface area contributed by atoms with Crippen LogP contribution in [-0.4, -0.2) is 32.4 Å². The molecule has 0 saturated carbocycles. The van der Waals surface area contributed by atoms with Gasteiger partial charge in [0.05, 0.1) is 6.04 Å². The van der Waals surface area contributed by atoms with E-state index in [1.807, 2.05) is 30.3 Å². The molecular weight excluding hydrogens is 305 g/mol. The first kappa shape index (κ1) is 15.0. The van der Waals surface area contributed by atoms with Crippen LogP contribution in [0.2, 0.25) is 0 Å².